The van der Waals surface area contributed by atoms with E-state index in [2.05, 4.69) is 27.5 Å². The molecular weight excluding hydrogens is 236 g/mol. The molecule has 0 radical (unpaired) electrons. The van der Waals surface area contributed by atoms with E-state index in [4.69, 9.17) is 5.73 Å². The maximum absolute atomic E-state index is 5.82. The second-order valence-electron chi connectivity index (χ2n) is 4.54. The van der Waals surface area contributed by atoms with Crippen molar-refractivity contribution in [2.45, 2.75) is 19.9 Å². The fraction of sp³-hybridized carbons (Fsp3) is 0.200. The number of imidazole rings is 1. The molecule has 0 saturated heterocycles. The maximum atomic E-state index is 5.82. The predicted molar refractivity (Wildman–Crippen MR) is 76.9 cm³/mol. The molecule has 0 fully saturated rings. The third-order valence-corrected chi connectivity index (χ3v) is 3.21. The van der Waals surface area contributed by atoms with Crippen LogP contribution in [0.15, 0.2) is 42.6 Å². The highest BCUT2D eigenvalue weighted by atomic mass is 15.1. The minimum Gasteiger partial charge on any atom is -0.399 e. The Bertz CT molecular complexity index is 715. The van der Waals surface area contributed by atoms with E-state index in [0.717, 1.165) is 35.6 Å². The average Bonchev–Trinajstić information content (AvgIpc) is 2.75. The van der Waals surface area contributed by atoms with Crippen LogP contribution in [0.4, 0.5) is 5.69 Å². The number of fused-ring (bicyclic) bond motifs is 1. The molecule has 96 valence electrons. The molecule has 0 bridgehead atoms. The number of anilines is 1. The molecule has 0 aliphatic rings. The van der Waals surface area contributed by atoms with E-state index in [9.17, 15) is 0 Å². The van der Waals surface area contributed by atoms with Gasteiger partial charge in [-0.1, -0.05) is 12.1 Å². The highest BCUT2D eigenvalue weighted by molar-refractivity contribution is 5.71. The van der Waals surface area contributed by atoms with Gasteiger partial charge in [-0.15, -0.1) is 0 Å². The van der Waals surface area contributed by atoms with Gasteiger partial charge in [0.1, 0.15) is 11.3 Å². The van der Waals surface area contributed by atoms with Crippen LogP contribution in [0.1, 0.15) is 18.3 Å². The van der Waals surface area contributed by atoms with Gasteiger partial charge in [0.2, 0.25) is 0 Å². The number of nitrogens with two attached hydrogens (primary N) is 1. The Kier molecular flexibility index (Phi) is 2.91. The quantitative estimate of drug-likeness (QED) is 0.729. The van der Waals surface area contributed by atoms with E-state index in [1.54, 1.807) is 6.20 Å². The van der Waals surface area contributed by atoms with Crippen molar-refractivity contribution >= 4 is 16.9 Å². The van der Waals surface area contributed by atoms with Crippen LogP contribution in [0.2, 0.25) is 0 Å². The zero-order valence-corrected chi connectivity index (χ0v) is 10.9. The summed E-state index contributed by atoms with van der Waals surface area (Å²) in [6.07, 6.45) is 2.58. The Morgan fingerprint density at radius 3 is 2.89 bits per heavy atom. The third kappa shape index (κ3) is 2.17. The van der Waals surface area contributed by atoms with Crippen LogP contribution in [0, 0.1) is 0 Å². The molecular formula is C15H16N4. The SMILES string of the molecule is CCn1c(Cc2cccc(N)c2)nc2cccnc21. The van der Waals surface area contributed by atoms with Gasteiger partial charge in [-0.3, -0.25) is 0 Å². The van der Waals surface area contributed by atoms with E-state index in [0.29, 0.717) is 0 Å². The number of hydrogen-bond acceptors (Lipinski definition) is 3. The van der Waals surface area contributed by atoms with Crippen molar-refractivity contribution in [3.8, 4) is 0 Å². The van der Waals surface area contributed by atoms with Gasteiger partial charge < -0.3 is 10.3 Å². The van der Waals surface area contributed by atoms with Crippen LogP contribution >= 0.6 is 0 Å². The molecule has 0 saturated carbocycles. The van der Waals surface area contributed by atoms with E-state index in [-0.39, 0.29) is 0 Å². The lowest BCUT2D eigenvalue weighted by atomic mass is 10.1. The number of nitrogens with zero attached hydrogens (tertiary/aromatic N) is 3. The predicted octanol–water partition coefficient (Wildman–Crippen LogP) is 2.62. The summed E-state index contributed by atoms with van der Waals surface area (Å²) in [5.74, 6) is 1.03. The van der Waals surface area contributed by atoms with E-state index < -0.39 is 0 Å². The summed E-state index contributed by atoms with van der Waals surface area (Å²) in [6, 6.07) is 11.8. The van der Waals surface area contributed by atoms with Crippen molar-refractivity contribution in [1.29, 1.82) is 0 Å². The number of hydrogen-bond donors (Lipinski definition) is 1. The summed E-state index contributed by atoms with van der Waals surface area (Å²) >= 11 is 0. The first-order chi connectivity index (χ1) is 9.28. The first kappa shape index (κ1) is 11.7. The fourth-order valence-corrected chi connectivity index (χ4v) is 2.36. The molecule has 4 heteroatoms. The summed E-state index contributed by atoms with van der Waals surface area (Å²) in [5.41, 5.74) is 9.67. The normalized spacial score (nSPS) is 11.0. The van der Waals surface area contributed by atoms with Gasteiger partial charge in [0, 0.05) is 24.8 Å². The molecule has 0 spiro atoms. The zero-order chi connectivity index (χ0) is 13.2. The number of pyridine rings is 1. The Morgan fingerprint density at radius 1 is 1.21 bits per heavy atom. The summed E-state index contributed by atoms with van der Waals surface area (Å²) in [4.78, 5) is 9.08. The van der Waals surface area contributed by atoms with Crippen LogP contribution in [0.5, 0.6) is 0 Å². The molecule has 2 N–H and O–H groups in total. The topological polar surface area (TPSA) is 56.7 Å². The minimum absolute atomic E-state index is 0.773. The van der Waals surface area contributed by atoms with Crippen LogP contribution in [0.3, 0.4) is 0 Å². The average molecular weight is 252 g/mol. The lowest BCUT2D eigenvalue weighted by Gasteiger charge is -2.06. The van der Waals surface area contributed by atoms with Crippen molar-refractivity contribution < 1.29 is 0 Å². The fourth-order valence-electron chi connectivity index (χ4n) is 2.36. The molecule has 2 aromatic heterocycles. The molecule has 19 heavy (non-hydrogen) atoms. The summed E-state index contributed by atoms with van der Waals surface area (Å²) in [6.45, 7) is 2.98. The molecule has 3 aromatic rings. The molecule has 3 rings (SSSR count). The van der Waals surface area contributed by atoms with Gasteiger partial charge in [0.25, 0.3) is 0 Å². The van der Waals surface area contributed by atoms with Crippen LogP contribution in [0.25, 0.3) is 11.2 Å². The first-order valence-electron chi connectivity index (χ1n) is 6.42. The second-order valence-corrected chi connectivity index (χ2v) is 4.54. The number of benzene rings is 1. The van der Waals surface area contributed by atoms with Crippen LogP contribution < -0.4 is 5.73 Å². The Labute approximate surface area is 111 Å². The molecule has 0 aliphatic carbocycles. The van der Waals surface area contributed by atoms with Crippen LogP contribution in [-0.2, 0) is 13.0 Å². The Balaban J connectivity index is 2.05. The summed E-state index contributed by atoms with van der Waals surface area (Å²) in [5, 5.41) is 0. The van der Waals surface area contributed by atoms with Gasteiger partial charge in [-0.05, 0) is 36.8 Å². The van der Waals surface area contributed by atoms with Gasteiger partial charge in [0.15, 0.2) is 5.65 Å². The highest BCUT2D eigenvalue weighted by Gasteiger charge is 2.10. The zero-order valence-electron chi connectivity index (χ0n) is 10.9. The minimum atomic E-state index is 0.773. The molecule has 4 nitrogen and oxygen atoms in total. The van der Waals surface area contributed by atoms with Crippen molar-refractivity contribution in [2.24, 2.45) is 0 Å². The number of aryl methyl sites for hydroxylation is 1. The highest BCUT2D eigenvalue weighted by Crippen LogP contribution is 2.17. The second kappa shape index (κ2) is 4.72. The smallest absolute Gasteiger partial charge is 0.159 e. The van der Waals surface area contributed by atoms with E-state index in [1.807, 2.05) is 30.3 Å². The van der Waals surface area contributed by atoms with Gasteiger partial charge >= 0.3 is 0 Å². The van der Waals surface area contributed by atoms with Gasteiger partial charge in [-0.25, -0.2) is 9.97 Å². The molecule has 0 unspecified atom stereocenters. The first-order valence-corrected chi connectivity index (χ1v) is 6.42. The molecule has 2 heterocycles. The lowest BCUT2D eigenvalue weighted by Crippen LogP contribution is -2.03. The lowest BCUT2D eigenvalue weighted by molar-refractivity contribution is 0.727. The monoisotopic (exact) mass is 252 g/mol. The van der Waals surface area contributed by atoms with Crippen molar-refractivity contribution in [2.75, 3.05) is 5.73 Å². The number of rotatable bonds is 3. The van der Waals surface area contributed by atoms with Crippen molar-refractivity contribution in [3.63, 3.8) is 0 Å². The Morgan fingerprint density at radius 2 is 2.11 bits per heavy atom. The van der Waals surface area contributed by atoms with Gasteiger partial charge in [-0.2, -0.15) is 0 Å². The molecule has 0 atom stereocenters. The molecule has 0 amide bonds. The van der Waals surface area contributed by atoms with Gasteiger partial charge in [0.05, 0.1) is 0 Å². The molecule has 1 aromatic carbocycles. The number of aromatic nitrogens is 3. The van der Waals surface area contributed by atoms with Crippen molar-refractivity contribution in [3.05, 3.63) is 54.0 Å². The van der Waals surface area contributed by atoms with E-state index in [1.165, 1.54) is 5.56 Å². The standard InChI is InChI=1S/C15H16N4/c1-2-19-14(10-11-5-3-6-12(16)9-11)18-13-7-4-8-17-15(13)19/h3-9H,2,10,16H2,1H3. The Hall–Kier alpha value is -2.36. The summed E-state index contributed by atoms with van der Waals surface area (Å²) in [7, 11) is 0. The number of nitrogen functional groups attached to an aromatic ring is 1. The largest absolute Gasteiger partial charge is 0.399 e. The van der Waals surface area contributed by atoms with Crippen LogP contribution in [-0.4, -0.2) is 14.5 Å². The van der Waals surface area contributed by atoms with E-state index >= 15 is 0 Å². The maximum Gasteiger partial charge on any atom is 0.159 e. The third-order valence-electron chi connectivity index (χ3n) is 3.21. The molecule has 0 aliphatic heterocycles. The summed E-state index contributed by atoms with van der Waals surface area (Å²) < 4.78 is 2.15. The van der Waals surface area contributed by atoms with Crippen molar-refractivity contribution in [1.82, 2.24) is 14.5 Å².